The Morgan fingerprint density at radius 1 is 0.960 bits per heavy atom. The molecule has 0 spiro atoms. The highest BCUT2D eigenvalue weighted by Crippen LogP contribution is 2.23. The van der Waals surface area contributed by atoms with Gasteiger partial charge in [0.05, 0.1) is 0 Å². The molecular weight excluding hydrogens is 312 g/mol. The number of hydrogen-bond acceptors (Lipinski definition) is 3. The average molecular weight is 338 g/mol. The van der Waals surface area contributed by atoms with Crippen molar-refractivity contribution in [2.45, 2.75) is 39.5 Å². The van der Waals surface area contributed by atoms with E-state index < -0.39 is 0 Å². The van der Waals surface area contributed by atoms with Gasteiger partial charge in [-0.2, -0.15) is 0 Å². The Morgan fingerprint density at radius 3 is 2.24 bits per heavy atom. The van der Waals surface area contributed by atoms with Gasteiger partial charge >= 0.3 is 0 Å². The van der Waals surface area contributed by atoms with Gasteiger partial charge in [-0.05, 0) is 42.2 Å². The first kappa shape index (κ1) is 18.7. The minimum atomic E-state index is -0.0428. The maximum Gasteiger partial charge on any atom is 0.226 e. The molecule has 0 aliphatic heterocycles. The fourth-order valence-corrected chi connectivity index (χ4v) is 2.45. The second-order valence-electron chi connectivity index (χ2n) is 7.19. The summed E-state index contributed by atoms with van der Waals surface area (Å²) in [6.07, 6.45) is 0.353. The largest absolute Gasteiger partial charge is 0.385 e. The average Bonchev–Trinajstić information content (AvgIpc) is 2.54. The molecule has 0 saturated carbocycles. The molecule has 1 amide bonds. The van der Waals surface area contributed by atoms with Crippen LogP contribution >= 0.6 is 0 Å². The molecule has 0 aliphatic carbocycles. The van der Waals surface area contributed by atoms with E-state index in [4.69, 9.17) is 0 Å². The lowest BCUT2D eigenvalue weighted by molar-refractivity contribution is -0.115. The molecule has 2 rings (SSSR count). The fraction of sp³-hybridized carbons (Fsp3) is 0.333. The van der Waals surface area contributed by atoms with E-state index in [0.717, 1.165) is 11.4 Å². The van der Waals surface area contributed by atoms with Crippen LogP contribution in [0.2, 0.25) is 0 Å². The van der Waals surface area contributed by atoms with E-state index in [9.17, 15) is 9.59 Å². The van der Waals surface area contributed by atoms with Crippen LogP contribution in [0.25, 0.3) is 0 Å². The van der Waals surface area contributed by atoms with Gasteiger partial charge in [0.2, 0.25) is 5.91 Å². The molecule has 0 radical (unpaired) electrons. The van der Waals surface area contributed by atoms with Crippen LogP contribution in [-0.4, -0.2) is 18.2 Å². The first-order valence-electron chi connectivity index (χ1n) is 8.51. The third-order valence-corrected chi connectivity index (χ3v) is 3.98. The minimum absolute atomic E-state index is 0.0279. The number of hydrogen-bond donors (Lipinski definition) is 2. The van der Waals surface area contributed by atoms with Crippen LogP contribution in [0, 0.1) is 0 Å². The Hall–Kier alpha value is -2.62. The Morgan fingerprint density at radius 2 is 1.64 bits per heavy atom. The highest BCUT2D eigenvalue weighted by atomic mass is 16.1. The van der Waals surface area contributed by atoms with Gasteiger partial charge in [-0.1, -0.05) is 45.0 Å². The lowest BCUT2D eigenvalue weighted by Crippen LogP contribution is -2.16. The van der Waals surface area contributed by atoms with Crippen LogP contribution in [0.1, 0.15) is 50.0 Å². The summed E-state index contributed by atoms with van der Waals surface area (Å²) in [7, 11) is 0. The number of carbonyl (C=O) groups is 2. The normalized spacial score (nSPS) is 11.0. The van der Waals surface area contributed by atoms with Gasteiger partial charge in [0, 0.05) is 29.9 Å². The molecule has 25 heavy (non-hydrogen) atoms. The quantitative estimate of drug-likeness (QED) is 0.755. The summed E-state index contributed by atoms with van der Waals surface area (Å²) in [5.74, 6) is -0.0150. The predicted octanol–water partition coefficient (Wildman–Crippen LogP) is 4.63. The van der Waals surface area contributed by atoms with Crippen molar-refractivity contribution in [2.75, 3.05) is 17.2 Å². The molecule has 0 bridgehead atoms. The van der Waals surface area contributed by atoms with Crippen LogP contribution < -0.4 is 10.6 Å². The molecule has 0 unspecified atom stereocenters. The second-order valence-corrected chi connectivity index (χ2v) is 7.19. The molecule has 0 saturated heterocycles. The molecule has 0 aliphatic rings. The van der Waals surface area contributed by atoms with Gasteiger partial charge < -0.3 is 10.6 Å². The third-order valence-electron chi connectivity index (χ3n) is 3.98. The summed E-state index contributed by atoms with van der Waals surface area (Å²) in [6.45, 7) is 8.53. The molecule has 4 heteroatoms. The van der Waals surface area contributed by atoms with Crippen LogP contribution in [0.3, 0.4) is 0 Å². The molecule has 2 aromatic carbocycles. The molecular formula is C21H26N2O2. The SMILES string of the molecule is CC(=O)c1cccc(NCCC(=O)Nc2ccc(C(C)(C)C)cc2)c1. The van der Waals surface area contributed by atoms with Crippen molar-refractivity contribution in [3.63, 3.8) is 0 Å². The molecule has 0 fully saturated rings. The number of carbonyl (C=O) groups excluding carboxylic acids is 2. The predicted molar refractivity (Wildman–Crippen MR) is 103 cm³/mol. The summed E-state index contributed by atoms with van der Waals surface area (Å²) in [6, 6.07) is 15.2. The van der Waals surface area contributed by atoms with E-state index >= 15 is 0 Å². The van der Waals surface area contributed by atoms with Crippen LogP contribution in [-0.2, 0) is 10.2 Å². The van der Waals surface area contributed by atoms with E-state index in [1.807, 2.05) is 36.4 Å². The summed E-state index contributed by atoms with van der Waals surface area (Å²) < 4.78 is 0. The number of amides is 1. The van der Waals surface area contributed by atoms with Gasteiger partial charge in [0.15, 0.2) is 5.78 Å². The zero-order valence-corrected chi connectivity index (χ0v) is 15.3. The third kappa shape index (κ3) is 5.75. The van der Waals surface area contributed by atoms with Crippen molar-refractivity contribution >= 4 is 23.1 Å². The first-order valence-corrected chi connectivity index (χ1v) is 8.51. The second kappa shape index (κ2) is 7.97. The monoisotopic (exact) mass is 338 g/mol. The molecule has 0 aromatic heterocycles. The summed E-state index contributed by atoms with van der Waals surface area (Å²) in [5.41, 5.74) is 3.64. The van der Waals surface area contributed by atoms with Crippen LogP contribution in [0.15, 0.2) is 48.5 Å². The van der Waals surface area contributed by atoms with Crippen molar-refractivity contribution in [2.24, 2.45) is 0 Å². The summed E-state index contributed by atoms with van der Waals surface area (Å²) >= 11 is 0. The van der Waals surface area contributed by atoms with E-state index in [2.05, 4.69) is 31.4 Å². The van der Waals surface area contributed by atoms with Crippen molar-refractivity contribution in [3.05, 3.63) is 59.7 Å². The van der Waals surface area contributed by atoms with Gasteiger partial charge in [0.1, 0.15) is 0 Å². The van der Waals surface area contributed by atoms with Gasteiger partial charge in [-0.3, -0.25) is 9.59 Å². The summed E-state index contributed by atoms with van der Waals surface area (Å²) in [5, 5.41) is 6.08. The molecule has 4 nitrogen and oxygen atoms in total. The number of anilines is 2. The summed E-state index contributed by atoms with van der Waals surface area (Å²) in [4.78, 5) is 23.4. The number of rotatable bonds is 6. The highest BCUT2D eigenvalue weighted by Gasteiger charge is 2.13. The van der Waals surface area contributed by atoms with Crippen molar-refractivity contribution in [3.8, 4) is 0 Å². The molecule has 2 N–H and O–H groups in total. The van der Waals surface area contributed by atoms with Crippen molar-refractivity contribution in [1.82, 2.24) is 0 Å². The van der Waals surface area contributed by atoms with Crippen molar-refractivity contribution in [1.29, 1.82) is 0 Å². The number of benzene rings is 2. The standard InChI is InChI=1S/C21H26N2O2/c1-15(24)16-6-5-7-19(14-16)22-13-12-20(25)23-18-10-8-17(9-11-18)21(2,3)4/h5-11,14,22H,12-13H2,1-4H3,(H,23,25). The van der Waals surface area contributed by atoms with Gasteiger partial charge in [0.25, 0.3) is 0 Å². The van der Waals surface area contributed by atoms with Gasteiger partial charge in [-0.15, -0.1) is 0 Å². The van der Waals surface area contributed by atoms with Gasteiger partial charge in [-0.25, -0.2) is 0 Å². The number of nitrogens with one attached hydrogen (secondary N) is 2. The lowest BCUT2D eigenvalue weighted by Gasteiger charge is -2.19. The van der Waals surface area contributed by atoms with E-state index in [-0.39, 0.29) is 17.1 Å². The highest BCUT2D eigenvalue weighted by molar-refractivity contribution is 5.95. The van der Waals surface area contributed by atoms with E-state index in [0.29, 0.717) is 18.5 Å². The number of Topliss-reactive ketones (excluding diaryl/α,β-unsaturated/α-hetero) is 1. The molecule has 0 atom stereocenters. The smallest absolute Gasteiger partial charge is 0.226 e. The Kier molecular flexibility index (Phi) is 5.97. The molecule has 2 aromatic rings. The van der Waals surface area contributed by atoms with Crippen molar-refractivity contribution < 1.29 is 9.59 Å². The fourth-order valence-electron chi connectivity index (χ4n) is 2.45. The zero-order valence-electron chi connectivity index (χ0n) is 15.3. The maximum absolute atomic E-state index is 12.1. The lowest BCUT2D eigenvalue weighted by atomic mass is 9.87. The molecule has 132 valence electrons. The van der Waals surface area contributed by atoms with E-state index in [1.54, 1.807) is 12.1 Å². The maximum atomic E-state index is 12.1. The minimum Gasteiger partial charge on any atom is -0.385 e. The van der Waals surface area contributed by atoms with E-state index in [1.165, 1.54) is 12.5 Å². The Bertz CT molecular complexity index is 743. The Labute approximate surface area is 149 Å². The molecule has 0 heterocycles. The van der Waals surface area contributed by atoms with Crippen LogP contribution in [0.4, 0.5) is 11.4 Å². The number of ketones is 1. The zero-order chi connectivity index (χ0) is 18.4. The first-order chi connectivity index (χ1) is 11.8. The van der Waals surface area contributed by atoms with Crippen LogP contribution in [0.5, 0.6) is 0 Å². The Balaban J connectivity index is 1.83. The topological polar surface area (TPSA) is 58.2 Å².